The molecule has 1 atom stereocenters. The zero-order chi connectivity index (χ0) is 18.3. The largest absolute Gasteiger partial charge is 0.333 e. The number of rotatable bonds is 4. The predicted octanol–water partition coefficient (Wildman–Crippen LogP) is 3.83. The fourth-order valence-corrected chi connectivity index (χ4v) is 3.61. The molecule has 2 aliphatic rings. The molecule has 0 saturated heterocycles. The maximum absolute atomic E-state index is 13.0. The molecule has 5 nitrogen and oxygen atoms in total. The van der Waals surface area contributed by atoms with Gasteiger partial charge in [-0.3, -0.25) is 9.69 Å². The molecule has 1 N–H and O–H groups in total. The van der Waals surface area contributed by atoms with Gasteiger partial charge in [-0.1, -0.05) is 49.2 Å². The van der Waals surface area contributed by atoms with Crippen LogP contribution in [0.25, 0.3) is 0 Å². The maximum Gasteiger partial charge on any atom is 0.322 e. The normalized spacial score (nSPS) is 20.5. The van der Waals surface area contributed by atoms with Gasteiger partial charge in [-0.05, 0) is 24.0 Å². The lowest BCUT2D eigenvalue weighted by Gasteiger charge is -2.31. The smallest absolute Gasteiger partial charge is 0.322 e. The lowest BCUT2D eigenvalue weighted by atomic mass is 9.95. The molecule has 2 aliphatic heterocycles. The Kier molecular flexibility index (Phi) is 4.98. The molecule has 1 aromatic carbocycles. The van der Waals surface area contributed by atoms with E-state index >= 15 is 0 Å². The number of halogens is 2. The van der Waals surface area contributed by atoms with E-state index in [0.29, 0.717) is 40.2 Å². The Morgan fingerprint density at radius 1 is 1.28 bits per heavy atom. The number of carbonyl (C=O) groups excluding carboxylic acids is 2. The molecule has 0 spiro atoms. The first-order valence-corrected chi connectivity index (χ1v) is 9.07. The molecule has 0 radical (unpaired) electrons. The van der Waals surface area contributed by atoms with E-state index in [9.17, 15) is 9.59 Å². The van der Waals surface area contributed by atoms with E-state index in [1.54, 1.807) is 30.1 Å². The third kappa shape index (κ3) is 3.23. The lowest BCUT2D eigenvalue weighted by molar-refractivity contribution is -0.125. The zero-order valence-corrected chi connectivity index (χ0v) is 16.0. The van der Waals surface area contributed by atoms with Crippen molar-refractivity contribution >= 4 is 35.1 Å². The quantitative estimate of drug-likeness (QED) is 0.861. The molecule has 0 unspecified atom stereocenters. The molecule has 0 saturated carbocycles. The molecule has 134 valence electrons. The summed E-state index contributed by atoms with van der Waals surface area (Å²) in [6.07, 6.45) is 0.917. The van der Waals surface area contributed by atoms with Crippen LogP contribution in [0.3, 0.4) is 0 Å². The summed E-state index contributed by atoms with van der Waals surface area (Å²) in [6, 6.07) is 4.41. The first-order valence-electron chi connectivity index (χ1n) is 8.31. The van der Waals surface area contributed by atoms with E-state index in [4.69, 9.17) is 23.2 Å². The van der Waals surface area contributed by atoms with Gasteiger partial charge in [0.1, 0.15) is 0 Å². The Hall–Kier alpha value is -1.72. The van der Waals surface area contributed by atoms with Crippen molar-refractivity contribution in [2.45, 2.75) is 26.3 Å². The van der Waals surface area contributed by atoms with Gasteiger partial charge in [0.15, 0.2) is 0 Å². The van der Waals surface area contributed by atoms with Gasteiger partial charge in [-0.25, -0.2) is 4.79 Å². The van der Waals surface area contributed by atoms with E-state index in [1.807, 2.05) is 0 Å². The van der Waals surface area contributed by atoms with Crippen molar-refractivity contribution < 1.29 is 9.59 Å². The van der Waals surface area contributed by atoms with Crippen molar-refractivity contribution in [1.82, 2.24) is 15.1 Å². The highest BCUT2D eigenvalue weighted by atomic mass is 35.5. The minimum Gasteiger partial charge on any atom is -0.333 e. The summed E-state index contributed by atoms with van der Waals surface area (Å²) in [5.41, 5.74) is 1.95. The summed E-state index contributed by atoms with van der Waals surface area (Å²) >= 11 is 12.5. The van der Waals surface area contributed by atoms with Crippen LogP contribution in [0.5, 0.6) is 0 Å². The van der Waals surface area contributed by atoms with Crippen LogP contribution >= 0.6 is 23.2 Å². The number of hydrogen-bond donors (Lipinski definition) is 1. The van der Waals surface area contributed by atoms with Crippen LogP contribution < -0.4 is 5.32 Å². The Labute approximate surface area is 157 Å². The summed E-state index contributed by atoms with van der Waals surface area (Å²) in [4.78, 5) is 28.7. The first kappa shape index (κ1) is 18.1. The minimum absolute atomic E-state index is 0.0523. The second-order valence-electron chi connectivity index (χ2n) is 6.85. The summed E-state index contributed by atoms with van der Waals surface area (Å²) < 4.78 is 0. The average molecular weight is 382 g/mol. The molecule has 1 aromatic rings. The fraction of sp³-hybridized carbons (Fsp3) is 0.444. The van der Waals surface area contributed by atoms with E-state index in [0.717, 1.165) is 12.1 Å². The Morgan fingerprint density at radius 3 is 2.68 bits per heavy atom. The van der Waals surface area contributed by atoms with Crippen LogP contribution in [0.4, 0.5) is 4.79 Å². The van der Waals surface area contributed by atoms with Crippen LogP contribution in [0, 0.1) is 5.92 Å². The zero-order valence-electron chi connectivity index (χ0n) is 14.5. The van der Waals surface area contributed by atoms with Crippen molar-refractivity contribution in [3.8, 4) is 0 Å². The van der Waals surface area contributed by atoms with Crippen LogP contribution in [0.2, 0.25) is 10.0 Å². The summed E-state index contributed by atoms with van der Waals surface area (Å²) in [5, 5.41) is 3.64. The third-order valence-corrected chi connectivity index (χ3v) is 5.54. The number of likely N-dealkylation sites (N-methyl/N-ethyl adjacent to an activating group) is 1. The first-order chi connectivity index (χ1) is 11.8. The number of carbonyl (C=O) groups is 2. The maximum atomic E-state index is 13.0. The minimum atomic E-state index is -0.582. The Morgan fingerprint density at radius 2 is 2.00 bits per heavy atom. The summed E-state index contributed by atoms with van der Waals surface area (Å²) in [5.74, 6) is 0.449. The van der Waals surface area contributed by atoms with Crippen molar-refractivity contribution in [2.75, 3.05) is 20.1 Å². The fourth-order valence-electron chi connectivity index (χ4n) is 3.19. The molecule has 3 rings (SSSR count). The van der Waals surface area contributed by atoms with E-state index in [-0.39, 0.29) is 11.9 Å². The third-order valence-electron chi connectivity index (χ3n) is 4.70. The van der Waals surface area contributed by atoms with E-state index in [1.165, 1.54) is 4.90 Å². The molecule has 3 amide bonds. The highest BCUT2D eigenvalue weighted by Gasteiger charge is 2.43. The Bertz CT molecular complexity index is 761. The molecule has 0 aliphatic carbocycles. The highest BCUT2D eigenvalue weighted by molar-refractivity contribution is 6.42. The highest BCUT2D eigenvalue weighted by Crippen LogP contribution is 2.39. The molecule has 25 heavy (non-hydrogen) atoms. The van der Waals surface area contributed by atoms with Gasteiger partial charge in [0.05, 0.1) is 33.9 Å². The van der Waals surface area contributed by atoms with Crippen LogP contribution in [0.15, 0.2) is 29.5 Å². The second kappa shape index (κ2) is 6.89. The van der Waals surface area contributed by atoms with Gasteiger partial charge in [-0.15, -0.1) is 0 Å². The van der Waals surface area contributed by atoms with Crippen LogP contribution in [-0.4, -0.2) is 41.9 Å². The van der Waals surface area contributed by atoms with Crippen LogP contribution in [-0.2, 0) is 4.79 Å². The molecule has 0 bridgehead atoms. The topological polar surface area (TPSA) is 52.7 Å². The van der Waals surface area contributed by atoms with Crippen molar-refractivity contribution in [3.05, 3.63) is 45.1 Å². The van der Waals surface area contributed by atoms with Gasteiger partial charge in [0.25, 0.3) is 5.91 Å². The molecular weight excluding hydrogens is 361 g/mol. The van der Waals surface area contributed by atoms with Crippen molar-refractivity contribution in [1.29, 1.82) is 0 Å². The second-order valence-corrected chi connectivity index (χ2v) is 7.64. The van der Waals surface area contributed by atoms with Gasteiger partial charge in [-0.2, -0.15) is 0 Å². The average Bonchev–Trinajstić information content (AvgIpc) is 2.89. The molecule has 7 heteroatoms. The van der Waals surface area contributed by atoms with Gasteiger partial charge >= 0.3 is 6.03 Å². The monoisotopic (exact) mass is 381 g/mol. The molecule has 0 fully saturated rings. The van der Waals surface area contributed by atoms with Gasteiger partial charge in [0, 0.05) is 13.6 Å². The number of nitrogens with one attached hydrogen (secondary N) is 1. The number of amides is 3. The van der Waals surface area contributed by atoms with E-state index < -0.39 is 6.04 Å². The number of urea groups is 1. The van der Waals surface area contributed by atoms with Crippen molar-refractivity contribution in [3.63, 3.8) is 0 Å². The Balaban J connectivity index is 1.99. The predicted molar refractivity (Wildman–Crippen MR) is 98.6 cm³/mol. The number of benzene rings is 1. The lowest BCUT2D eigenvalue weighted by Crippen LogP contribution is -2.45. The number of nitrogens with zero attached hydrogens (tertiary/aromatic N) is 2. The molecule has 0 aromatic heterocycles. The summed E-state index contributed by atoms with van der Waals surface area (Å²) in [7, 11) is 1.68. The van der Waals surface area contributed by atoms with Gasteiger partial charge < -0.3 is 10.2 Å². The standard InChI is InChI=1S/C18H21Cl2N3O2/c1-10(2)7-8-23-9-13-14(17(23)24)16(21-18(25)22(13)3)11-5-4-6-12(19)15(11)20/h4-6,10,16H,7-9H2,1-3H3,(H,21,25)/t16-/m0/s1. The molecule has 2 heterocycles. The SMILES string of the molecule is CC(C)CCN1CC2=C(C1=O)[C@H](c1cccc(Cl)c1Cl)NC(=O)N2C. The number of hydrogen-bond acceptors (Lipinski definition) is 2. The summed E-state index contributed by atoms with van der Waals surface area (Å²) in [6.45, 7) is 5.36. The van der Waals surface area contributed by atoms with Gasteiger partial charge in [0.2, 0.25) is 0 Å². The van der Waals surface area contributed by atoms with E-state index in [2.05, 4.69) is 19.2 Å². The van der Waals surface area contributed by atoms with Crippen molar-refractivity contribution in [2.24, 2.45) is 5.92 Å². The molecular formula is C18H21Cl2N3O2. The van der Waals surface area contributed by atoms with Crippen LogP contribution in [0.1, 0.15) is 31.9 Å².